The average molecular weight is 292 g/mol. The summed E-state index contributed by atoms with van der Waals surface area (Å²) in [6.45, 7) is 0. The summed E-state index contributed by atoms with van der Waals surface area (Å²) in [7, 11) is 0. The molecule has 0 amide bonds. The van der Waals surface area contributed by atoms with E-state index in [-0.39, 0.29) is 10.3 Å². The van der Waals surface area contributed by atoms with Crippen molar-refractivity contribution < 1.29 is 0 Å². The number of nitrogens with one attached hydrogen (secondary N) is 4. The minimum atomic E-state index is -0.0559. The first kappa shape index (κ1) is 16.3. The second kappa shape index (κ2) is 9.37. The van der Waals surface area contributed by atoms with Crippen LogP contribution < -0.4 is 11.5 Å². The Balaban J connectivity index is 3.46. The van der Waals surface area contributed by atoms with Crippen LogP contribution in [-0.2, 0) is 0 Å². The van der Waals surface area contributed by atoms with Crippen LogP contribution in [0.1, 0.15) is 12.8 Å². The molecule has 0 rings (SSSR count). The Morgan fingerprint density at radius 3 is 1.41 bits per heavy atom. The second-order valence-corrected chi connectivity index (χ2v) is 6.39. The van der Waals surface area contributed by atoms with Crippen LogP contribution in [0.3, 0.4) is 0 Å². The summed E-state index contributed by atoms with van der Waals surface area (Å²) in [4.78, 5) is 0. The van der Waals surface area contributed by atoms with E-state index >= 15 is 0 Å². The molecule has 0 bridgehead atoms. The number of hydrogen-bond donors (Lipinski definition) is 6. The van der Waals surface area contributed by atoms with E-state index < -0.39 is 0 Å². The van der Waals surface area contributed by atoms with Gasteiger partial charge in [0.25, 0.3) is 0 Å². The molecule has 0 aliphatic rings. The van der Waals surface area contributed by atoms with Gasteiger partial charge in [0.2, 0.25) is 0 Å². The third-order valence-electron chi connectivity index (χ3n) is 1.41. The number of hydrogen-bond acceptors (Lipinski definition) is 7. The number of thioether (sulfide) groups is 3. The van der Waals surface area contributed by atoms with Crippen LogP contribution in [0.4, 0.5) is 0 Å². The van der Waals surface area contributed by atoms with Gasteiger partial charge in [-0.25, -0.2) is 0 Å². The highest BCUT2D eigenvalue weighted by Crippen LogP contribution is 2.13. The maximum Gasteiger partial charge on any atom is 0.157 e. The van der Waals surface area contributed by atoms with Crippen molar-refractivity contribution >= 4 is 55.7 Å². The Morgan fingerprint density at radius 1 is 0.765 bits per heavy atom. The lowest BCUT2D eigenvalue weighted by Gasteiger charge is -2.03. The van der Waals surface area contributed by atoms with Crippen molar-refractivity contribution in [3.05, 3.63) is 0 Å². The van der Waals surface area contributed by atoms with E-state index in [1.165, 1.54) is 0 Å². The summed E-state index contributed by atoms with van der Waals surface area (Å²) < 4.78 is 0. The first-order chi connectivity index (χ1) is 7.91. The summed E-state index contributed by atoms with van der Waals surface area (Å²) in [5.74, 6) is 1.55. The predicted octanol–water partition coefficient (Wildman–Crippen LogP) is 1.71. The van der Waals surface area contributed by atoms with E-state index in [2.05, 4.69) is 0 Å². The predicted molar refractivity (Wildman–Crippen MR) is 81.0 cm³/mol. The zero-order valence-electron chi connectivity index (χ0n) is 9.21. The zero-order chi connectivity index (χ0) is 13.3. The van der Waals surface area contributed by atoms with Gasteiger partial charge in [0, 0.05) is 12.8 Å². The fraction of sp³-hybridized carbons (Fsp3) is 0.500. The van der Waals surface area contributed by atoms with Gasteiger partial charge in [0.15, 0.2) is 10.3 Å². The third kappa shape index (κ3) is 11.6. The summed E-state index contributed by atoms with van der Waals surface area (Å²) in [5.41, 5.74) is 10.3. The zero-order valence-corrected chi connectivity index (χ0v) is 11.7. The molecule has 17 heavy (non-hydrogen) atoms. The summed E-state index contributed by atoms with van der Waals surface area (Å²) in [6, 6.07) is 0. The standard InChI is InChI=1S/C8H16N6S3/c9-5(16-7(11)12)1-3-15-4-2-6(10)17-8(13)14/h9-10H,1-4H2,(H3,11,12)(H3,13,14). The van der Waals surface area contributed by atoms with Gasteiger partial charge in [-0.05, 0) is 35.0 Å². The van der Waals surface area contributed by atoms with Gasteiger partial charge in [-0.3, -0.25) is 21.6 Å². The van der Waals surface area contributed by atoms with Gasteiger partial charge in [0.05, 0.1) is 10.1 Å². The number of amidine groups is 2. The lowest BCUT2D eigenvalue weighted by Crippen LogP contribution is -2.09. The molecule has 0 aromatic rings. The van der Waals surface area contributed by atoms with Crippen LogP contribution in [0.5, 0.6) is 0 Å². The largest absolute Gasteiger partial charge is 0.378 e. The van der Waals surface area contributed by atoms with Crippen molar-refractivity contribution in [1.29, 1.82) is 21.6 Å². The van der Waals surface area contributed by atoms with Crippen molar-refractivity contribution in [2.75, 3.05) is 11.5 Å². The van der Waals surface area contributed by atoms with Crippen LogP contribution in [0.15, 0.2) is 0 Å². The smallest absolute Gasteiger partial charge is 0.157 e. The van der Waals surface area contributed by atoms with E-state index in [9.17, 15) is 0 Å². The van der Waals surface area contributed by atoms with Gasteiger partial charge < -0.3 is 11.5 Å². The average Bonchev–Trinajstić information content (AvgIpc) is 2.14. The molecule has 9 heteroatoms. The molecule has 0 heterocycles. The van der Waals surface area contributed by atoms with E-state index in [0.29, 0.717) is 22.9 Å². The lowest BCUT2D eigenvalue weighted by molar-refractivity contribution is 1.26. The molecule has 0 unspecified atom stereocenters. The highest BCUT2D eigenvalue weighted by molar-refractivity contribution is 8.26. The molecule has 0 fully saturated rings. The number of nitrogens with two attached hydrogens (primary N) is 2. The minimum Gasteiger partial charge on any atom is -0.378 e. The maximum atomic E-state index is 7.47. The van der Waals surface area contributed by atoms with Crippen molar-refractivity contribution in [1.82, 2.24) is 0 Å². The molecule has 6 nitrogen and oxygen atoms in total. The molecule has 96 valence electrons. The van der Waals surface area contributed by atoms with Crippen molar-refractivity contribution in [2.45, 2.75) is 12.8 Å². The summed E-state index contributed by atoms with van der Waals surface area (Å²) >= 11 is 3.57. The number of rotatable bonds is 6. The van der Waals surface area contributed by atoms with Gasteiger partial charge in [-0.2, -0.15) is 11.8 Å². The van der Waals surface area contributed by atoms with Gasteiger partial charge in [-0.1, -0.05) is 0 Å². The third-order valence-corrected chi connectivity index (χ3v) is 3.74. The molecular formula is C8H16N6S3. The quantitative estimate of drug-likeness (QED) is 0.250. The van der Waals surface area contributed by atoms with Gasteiger partial charge >= 0.3 is 0 Å². The highest BCUT2D eigenvalue weighted by Gasteiger charge is 2.02. The summed E-state index contributed by atoms with van der Waals surface area (Å²) in [5, 5.41) is 29.6. The van der Waals surface area contributed by atoms with Crippen molar-refractivity contribution in [2.24, 2.45) is 11.5 Å². The van der Waals surface area contributed by atoms with E-state index in [1.807, 2.05) is 0 Å². The molecule has 0 spiro atoms. The van der Waals surface area contributed by atoms with Crippen LogP contribution in [0, 0.1) is 21.6 Å². The van der Waals surface area contributed by atoms with E-state index in [4.69, 9.17) is 33.1 Å². The fourth-order valence-electron chi connectivity index (χ4n) is 0.799. The molecule has 0 aromatic heterocycles. The first-order valence-electron chi connectivity index (χ1n) is 4.68. The lowest BCUT2D eigenvalue weighted by atomic mass is 10.5. The monoisotopic (exact) mass is 292 g/mol. The fourth-order valence-corrected chi connectivity index (χ4v) is 2.90. The van der Waals surface area contributed by atoms with E-state index in [0.717, 1.165) is 35.0 Å². The topological polar surface area (TPSA) is 147 Å². The van der Waals surface area contributed by atoms with E-state index in [1.54, 1.807) is 11.8 Å². The highest BCUT2D eigenvalue weighted by atomic mass is 32.2. The molecule has 8 N–H and O–H groups in total. The van der Waals surface area contributed by atoms with Crippen molar-refractivity contribution in [3.8, 4) is 0 Å². The Labute approximate surface area is 113 Å². The van der Waals surface area contributed by atoms with Gasteiger partial charge in [-0.15, -0.1) is 0 Å². The Bertz CT molecular complexity index is 286. The molecule has 0 atom stereocenters. The minimum absolute atomic E-state index is 0.0559. The van der Waals surface area contributed by atoms with Crippen LogP contribution in [-0.4, -0.2) is 31.9 Å². The molecule has 0 aromatic carbocycles. The Kier molecular flexibility index (Phi) is 9.00. The molecule has 0 aliphatic carbocycles. The van der Waals surface area contributed by atoms with Crippen molar-refractivity contribution in [3.63, 3.8) is 0 Å². The first-order valence-corrected chi connectivity index (χ1v) is 7.47. The molecular weight excluding hydrogens is 276 g/mol. The molecule has 0 saturated carbocycles. The SMILES string of the molecule is N=C(N)SC(=N)CCSCCC(=N)SC(=N)N. The Hall–Kier alpha value is -0.670. The summed E-state index contributed by atoms with van der Waals surface area (Å²) in [6.07, 6.45) is 1.17. The second-order valence-electron chi connectivity index (χ2n) is 2.89. The molecule has 0 radical (unpaired) electrons. The molecule has 0 aliphatic heterocycles. The van der Waals surface area contributed by atoms with Crippen LogP contribution in [0.25, 0.3) is 0 Å². The van der Waals surface area contributed by atoms with Crippen LogP contribution in [0.2, 0.25) is 0 Å². The normalized spacial score (nSPS) is 9.88. The maximum absolute atomic E-state index is 7.47. The van der Waals surface area contributed by atoms with Crippen LogP contribution >= 0.6 is 35.3 Å². The Morgan fingerprint density at radius 2 is 1.12 bits per heavy atom. The van der Waals surface area contributed by atoms with Gasteiger partial charge in [0.1, 0.15) is 0 Å². The molecule has 0 saturated heterocycles.